The molecule has 4 nitrogen and oxygen atoms in total. The molecule has 1 N–H and O–H groups in total. The Bertz CT molecular complexity index is 1050. The van der Waals surface area contributed by atoms with Crippen molar-refractivity contribution in [1.29, 1.82) is 0 Å². The van der Waals surface area contributed by atoms with Crippen molar-refractivity contribution in [2.24, 2.45) is 0 Å². The van der Waals surface area contributed by atoms with Crippen LogP contribution in [0.3, 0.4) is 0 Å². The van der Waals surface area contributed by atoms with E-state index in [1.807, 2.05) is 32.0 Å². The van der Waals surface area contributed by atoms with Crippen molar-refractivity contribution in [3.05, 3.63) is 64.1 Å². The maximum Gasteiger partial charge on any atom is 0.106 e. The average Bonchev–Trinajstić information content (AvgIpc) is 3.06. The minimum Gasteiger partial charge on any atom is -0.384 e. The van der Waals surface area contributed by atoms with Crippen LogP contribution < -0.4 is 0 Å². The molecule has 3 aromatic rings. The van der Waals surface area contributed by atoms with E-state index in [0.29, 0.717) is 18.6 Å². The van der Waals surface area contributed by atoms with Gasteiger partial charge in [0.1, 0.15) is 5.60 Å². The third-order valence-electron chi connectivity index (χ3n) is 6.77. The smallest absolute Gasteiger partial charge is 0.106 e. The number of aromatic nitrogens is 2. The van der Waals surface area contributed by atoms with Gasteiger partial charge in [-0.2, -0.15) is 0 Å². The molecule has 28 heavy (non-hydrogen) atoms. The molecule has 2 aliphatic heterocycles. The first-order chi connectivity index (χ1) is 13.3. The van der Waals surface area contributed by atoms with Gasteiger partial charge in [0.2, 0.25) is 0 Å². The molecule has 1 aromatic carbocycles. The van der Waals surface area contributed by atoms with Gasteiger partial charge >= 0.3 is 0 Å². The van der Waals surface area contributed by atoms with E-state index in [0.717, 1.165) is 28.2 Å². The lowest BCUT2D eigenvalue weighted by Gasteiger charge is -2.34. The first kappa shape index (κ1) is 18.2. The second kappa shape index (κ2) is 6.31. The normalized spacial score (nSPS) is 23.8. The van der Waals surface area contributed by atoms with E-state index >= 15 is 0 Å². The summed E-state index contributed by atoms with van der Waals surface area (Å²) >= 11 is 6.35. The van der Waals surface area contributed by atoms with Crippen LogP contribution in [0.25, 0.3) is 10.9 Å². The van der Waals surface area contributed by atoms with Gasteiger partial charge in [-0.3, -0.25) is 9.88 Å². The van der Waals surface area contributed by atoms with Crippen molar-refractivity contribution < 1.29 is 5.11 Å². The summed E-state index contributed by atoms with van der Waals surface area (Å²) in [4.78, 5) is 6.91. The summed E-state index contributed by atoms with van der Waals surface area (Å²) in [7, 11) is 2.24. The van der Waals surface area contributed by atoms with Crippen molar-refractivity contribution in [3.63, 3.8) is 0 Å². The number of nitrogens with zero attached hydrogens (tertiary/aromatic N) is 3. The summed E-state index contributed by atoms with van der Waals surface area (Å²) in [5.74, 6) is 0. The van der Waals surface area contributed by atoms with E-state index in [1.165, 1.54) is 29.5 Å². The zero-order valence-corrected chi connectivity index (χ0v) is 17.4. The van der Waals surface area contributed by atoms with Crippen LogP contribution in [0.5, 0.6) is 0 Å². The molecule has 2 aliphatic rings. The van der Waals surface area contributed by atoms with Crippen molar-refractivity contribution in [3.8, 4) is 0 Å². The van der Waals surface area contributed by atoms with Gasteiger partial charge in [0.05, 0.1) is 12.6 Å². The Morgan fingerprint density at radius 1 is 1.25 bits per heavy atom. The molecule has 1 fully saturated rings. The zero-order valence-electron chi connectivity index (χ0n) is 16.6. The van der Waals surface area contributed by atoms with E-state index in [-0.39, 0.29) is 0 Å². The van der Waals surface area contributed by atoms with E-state index in [4.69, 9.17) is 11.6 Å². The molecule has 1 saturated heterocycles. The number of aryl methyl sites for hydroxylation is 1. The summed E-state index contributed by atoms with van der Waals surface area (Å²) < 4.78 is 2.34. The second-order valence-electron chi connectivity index (χ2n) is 8.69. The first-order valence-electron chi connectivity index (χ1n) is 10.0. The third kappa shape index (κ3) is 2.70. The predicted octanol–water partition coefficient (Wildman–Crippen LogP) is 4.60. The maximum absolute atomic E-state index is 11.4. The van der Waals surface area contributed by atoms with E-state index in [2.05, 4.69) is 33.6 Å². The molecular weight excluding hydrogens is 370 g/mol. The Morgan fingerprint density at radius 3 is 2.82 bits per heavy atom. The third-order valence-corrected chi connectivity index (χ3v) is 7.01. The van der Waals surface area contributed by atoms with Crippen LogP contribution >= 0.6 is 11.6 Å². The molecule has 3 atom stereocenters. The number of halogens is 1. The number of rotatable bonds is 3. The van der Waals surface area contributed by atoms with Gasteiger partial charge in [-0.1, -0.05) is 17.7 Å². The lowest BCUT2D eigenvalue weighted by Crippen LogP contribution is -2.36. The lowest BCUT2D eigenvalue weighted by atomic mass is 9.96. The molecule has 4 heterocycles. The largest absolute Gasteiger partial charge is 0.384 e. The SMILES string of the molecule is Cc1ccc(C(C)(O)Cn2c3c(c4cc(Cl)ccc42)CC2CCC3N2C)cn1. The van der Waals surface area contributed by atoms with Crippen molar-refractivity contribution in [2.45, 2.75) is 57.3 Å². The van der Waals surface area contributed by atoms with Crippen LogP contribution in [-0.2, 0) is 18.6 Å². The Hall–Kier alpha value is -1.88. The molecule has 0 amide bonds. The maximum atomic E-state index is 11.4. The lowest BCUT2D eigenvalue weighted by molar-refractivity contribution is 0.0370. The van der Waals surface area contributed by atoms with Crippen LogP contribution in [0, 0.1) is 6.92 Å². The van der Waals surface area contributed by atoms with Crippen molar-refractivity contribution >= 4 is 22.5 Å². The Balaban J connectivity index is 1.67. The molecule has 5 heteroatoms. The van der Waals surface area contributed by atoms with Gasteiger partial charge in [-0.25, -0.2) is 0 Å². The number of hydrogen-bond donors (Lipinski definition) is 1. The molecule has 2 aromatic heterocycles. The number of pyridine rings is 1. The van der Waals surface area contributed by atoms with Crippen molar-refractivity contribution in [1.82, 2.24) is 14.5 Å². The van der Waals surface area contributed by atoms with Gasteiger partial charge in [0.25, 0.3) is 0 Å². The number of aliphatic hydroxyl groups is 1. The molecule has 3 unspecified atom stereocenters. The summed E-state index contributed by atoms with van der Waals surface area (Å²) in [6.45, 7) is 4.35. The highest BCUT2D eigenvalue weighted by molar-refractivity contribution is 6.31. The highest BCUT2D eigenvalue weighted by Crippen LogP contribution is 2.47. The first-order valence-corrected chi connectivity index (χ1v) is 10.4. The number of benzene rings is 1. The predicted molar refractivity (Wildman–Crippen MR) is 113 cm³/mol. The van der Waals surface area contributed by atoms with Crippen LogP contribution in [0.4, 0.5) is 0 Å². The standard InChI is InChI=1S/C23H26ClN3O/c1-14-4-5-15(12-25-14)23(2,28)13-27-20-8-6-16(24)10-18(20)19-11-17-7-9-21(22(19)27)26(17)3/h4-6,8,10,12,17,21,28H,7,9,11,13H2,1-3H3. The van der Waals surface area contributed by atoms with Crippen LogP contribution in [0.15, 0.2) is 36.5 Å². The van der Waals surface area contributed by atoms with E-state index in [9.17, 15) is 5.11 Å². The fourth-order valence-electron chi connectivity index (χ4n) is 5.19. The molecule has 0 saturated carbocycles. The van der Waals surface area contributed by atoms with Crippen LogP contribution in [0.2, 0.25) is 5.02 Å². The van der Waals surface area contributed by atoms with Gasteiger partial charge in [-0.05, 0) is 70.0 Å². The minimum atomic E-state index is -1.01. The quantitative estimate of drug-likeness (QED) is 0.704. The summed E-state index contributed by atoms with van der Waals surface area (Å²) in [6, 6.07) is 11.1. The summed E-state index contributed by atoms with van der Waals surface area (Å²) in [5.41, 5.74) is 4.73. The van der Waals surface area contributed by atoms with Crippen LogP contribution in [-0.4, -0.2) is 32.6 Å². The molecule has 0 aliphatic carbocycles. The molecule has 2 bridgehead atoms. The van der Waals surface area contributed by atoms with Crippen LogP contribution in [0.1, 0.15) is 48.3 Å². The summed E-state index contributed by atoms with van der Waals surface area (Å²) in [6.07, 6.45) is 5.26. The Kier molecular flexibility index (Phi) is 4.10. The number of hydrogen-bond acceptors (Lipinski definition) is 3. The van der Waals surface area contributed by atoms with Gasteiger partial charge < -0.3 is 9.67 Å². The molecule has 5 rings (SSSR count). The monoisotopic (exact) mass is 395 g/mol. The highest BCUT2D eigenvalue weighted by Gasteiger charge is 2.41. The zero-order chi connectivity index (χ0) is 19.6. The minimum absolute atomic E-state index is 0.409. The number of fused-ring (bicyclic) bond motifs is 6. The fourth-order valence-corrected chi connectivity index (χ4v) is 5.36. The van der Waals surface area contributed by atoms with E-state index in [1.54, 1.807) is 6.20 Å². The van der Waals surface area contributed by atoms with E-state index < -0.39 is 5.60 Å². The molecule has 0 radical (unpaired) electrons. The molecule has 0 spiro atoms. The summed E-state index contributed by atoms with van der Waals surface area (Å²) in [5, 5.41) is 13.4. The topological polar surface area (TPSA) is 41.3 Å². The van der Waals surface area contributed by atoms with Gasteiger partial charge in [-0.15, -0.1) is 0 Å². The fraction of sp³-hybridized carbons (Fsp3) is 0.435. The Morgan fingerprint density at radius 2 is 2.07 bits per heavy atom. The Labute approximate surface area is 170 Å². The van der Waals surface area contributed by atoms with Crippen molar-refractivity contribution in [2.75, 3.05) is 7.05 Å². The highest BCUT2D eigenvalue weighted by atomic mass is 35.5. The molecule has 146 valence electrons. The molecular formula is C23H26ClN3O. The van der Waals surface area contributed by atoms with Gasteiger partial charge in [0.15, 0.2) is 0 Å². The van der Waals surface area contributed by atoms with Gasteiger partial charge in [0, 0.05) is 45.1 Å². The second-order valence-corrected chi connectivity index (χ2v) is 9.13. The number of likely N-dealkylation sites (N-methyl/N-ethyl adjacent to an activating group) is 1. The average molecular weight is 396 g/mol.